The number of nitrogens with one attached hydrogen (secondary N) is 2. The Bertz CT molecular complexity index is 887. The highest BCUT2D eigenvalue weighted by atomic mass is 127. The summed E-state index contributed by atoms with van der Waals surface area (Å²) in [6.07, 6.45) is 1.79. The number of ether oxygens (including phenoxy) is 2. The van der Waals surface area contributed by atoms with Crippen LogP contribution in [0.2, 0.25) is 0 Å². The fraction of sp³-hybridized carbons (Fsp3) is 0.565. The van der Waals surface area contributed by atoms with Crippen molar-refractivity contribution in [2.24, 2.45) is 4.99 Å². The molecule has 0 saturated heterocycles. The number of aromatic nitrogens is 1. The number of rotatable bonds is 6. The Morgan fingerprint density at radius 1 is 1.06 bits per heavy atom. The second kappa shape index (κ2) is 10.6. The molecule has 1 aliphatic rings. The summed E-state index contributed by atoms with van der Waals surface area (Å²) in [4.78, 5) is 9.00. The molecule has 3 rings (SSSR count). The molecule has 0 fully saturated rings. The SMILES string of the molecule is CCNC(=NCc1ncc(C(C)(C)C)o1)NCC(C)(C)c1ccc2c(c1)OCCO2.I. The topological polar surface area (TPSA) is 80.9 Å². The molecular weight excluding hydrogens is 507 g/mol. The molecule has 0 amide bonds. The first-order chi connectivity index (χ1) is 14.2. The first-order valence-corrected chi connectivity index (χ1v) is 10.6. The average Bonchev–Trinajstić information content (AvgIpc) is 3.19. The Hall–Kier alpha value is -1.97. The van der Waals surface area contributed by atoms with Crippen LogP contribution in [0.3, 0.4) is 0 Å². The second-order valence-electron chi connectivity index (χ2n) is 9.16. The maximum Gasteiger partial charge on any atom is 0.216 e. The summed E-state index contributed by atoms with van der Waals surface area (Å²) >= 11 is 0. The third kappa shape index (κ3) is 6.75. The van der Waals surface area contributed by atoms with Gasteiger partial charge in [-0.25, -0.2) is 9.98 Å². The Labute approximate surface area is 202 Å². The van der Waals surface area contributed by atoms with E-state index in [2.05, 4.69) is 67.4 Å². The van der Waals surface area contributed by atoms with Gasteiger partial charge in [-0.05, 0) is 24.6 Å². The van der Waals surface area contributed by atoms with Gasteiger partial charge in [0.25, 0.3) is 0 Å². The minimum atomic E-state index is -0.131. The van der Waals surface area contributed by atoms with Crippen molar-refractivity contribution in [3.05, 3.63) is 41.6 Å². The standard InChI is InChI=1S/C23H34N4O3.HI/c1-7-24-21(26-14-20-25-13-19(30-20)22(2,3)4)27-15-23(5,6)16-8-9-17-18(12-16)29-11-10-28-17;/h8-9,12-13H,7,10-11,14-15H2,1-6H3,(H2,24,26,27);1H. The van der Waals surface area contributed by atoms with Crippen molar-refractivity contribution < 1.29 is 13.9 Å². The summed E-state index contributed by atoms with van der Waals surface area (Å²) in [5, 5.41) is 6.73. The lowest BCUT2D eigenvalue weighted by Gasteiger charge is -2.28. The quantitative estimate of drug-likeness (QED) is 0.320. The van der Waals surface area contributed by atoms with Gasteiger partial charge in [0.2, 0.25) is 5.89 Å². The van der Waals surface area contributed by atoms with E-state index >= 15 is 0 Å². The van der Waals surface area contributed by atoms with Crippen LogP contribution >= 0.6 is 24.0 Å². The molecule has 0 atom stereocenters. The lowest BCUT2D eigenvalue weighted by atomic mass is 9.84. The van der Waals surface area contributed by atoms with Crippen LogP contribution < -0.4 is 20.1 Å². The van der Waals surface area contributed by atoms with E-state index in [9.17, 15) is 0 Å². The number of hydrogen-bond donors (Lipinski definition) is 2. The molecule has 0 unspecified atom stereocenters. The first kappa shape index (κ1) is 25.3. The van der Waals surface area contributed by atoms with Gasteiger partial charge >= 0.3 is 0 Å². The molecule has 172 valence electrons. The Morgan fingerprint density at radius 2 is 1.77 bits per heavy atom. The molecule has 0 aliphatic carbocycles. The molecular formula is C23H35IN4O3. The summed E-state index contributed by atoms with van der Waals surface area (Å²) in [6.45, 7) is 15.8. The van der Waals surface area contributed by atoms with E-state index in [0.717, 1.165) is 29.8 Å². The molecule has 2 N–H and O–H groups in total. The number of nitrogens with zero attached hydrogens (tertiary/aromatic N) is 2. The molecule has 8 heteroatoms. The maximum atomic E-state index is 5.84. The Balaban J connectivity index is 0.00000341. The van der Waals surface area contributed by atoms with Crippen LogP contribution in [-0.4, -0.2) is 37.2 Å². The fourth-order valence-corrected chi connectivity index (χ4v) is 3.09. The predicted molar refractivity (Wildman–Crippen MR) is 134 cm³/mol. The number of guanidine groups is 1. The highest BCUT2D eigenvalue weighted by Crippen LogP contribution is 2.34. The fourth-order valence-electron chi connectivity index (χ4n) is 3.09. The van der Waals surface area contributed by atoms with E-state index < -0.39 is 0 Å². The van der Waals surface area contributed by atoms with Crippen LogP contribution in [0.5, 0.6) is 11.5 Å². The molecule has 0 bridgehead atoms. The van der Waals surface area contributed by atoms with E-state index in [-0.39, 0.29) is 34.8 Å². The Kier molecular flexibility index (Phi) is 8.62. The van der Waals surface area contributed by atoms with Gasteiger partial charge in [-0.3, -0.25) is 0 Å². The number of oxazole rings is 1. The van der Waals surface area contributed by atoms with Gasteiger partial charge in [0.05, 0.1) is 6.20 Å². The van der Waals surface area contributed by atoms with Crippen LogP contribution in [0.1, 0.15) is 58.8 Å². The number of aliphatic imine (C=N–C) groups is 1. The van der Waals surface area contributed by atoms with Gasteiger partial charge in [0.1, 0.15) is 25.5 Å². The number of hydrogen-bond acceptors (Lipinski definition) is 5. The molecule has 2 heterocycles. The molecule has 1 aromatic heterocycles. The lowest BCUT2D eigenvalue weighted by Crippen LogP contribution is -2.43. The summed E-state index contributed by atoms with van der Waals surface area (Å²) in [6, 6.07) is 6.15. The van der Waals surface area contributed by atoms with Crippen molar-refractivity contribution >= 4 is 29.9 Å². The van der Waals surface area contributed by atoms with E-state index in [0.29, 0.717) is 32.2 Å². The van der Waals surface area contributed by atoms with Crippen molar-refractivity contribution in [3.8, 4) is 11.5 Å². The van der Waals surface area contributed by atoms with Crippen molar-refractivity contribution in [3.63, 3.8) is 0 Å². The van der Waals surface area contributed by atoms with E-state index in [1.807, 2.05) is 13.0 Å². The highest BCUT2D eigenvalue weighted by Gasteiger charge is 2.24. The molecule has 31 heavy (non-hydrogen) atoms. The van der Waals surface area contributed by atoms with Crippen molar-refractivity contribution in [2.75, 3.05) is 26.3 Å². The molecule has 0 spiro atoms. The van der Waals surface area contributed by atoms with Crippen LogP contribution in [0, 0.1) is 0 Å². The van der Waals surface area contributed by atoms with E-state index in [1.165, 1.54) is 5.56 Å². The van der Waals surface area contributed by atoms with Crippen LogP contribution in [0.15, 0.2) is 33.8 Å². The van der Waals surface area contributed by atoms with Crippen LogP contribution in [0.4, 0.5) is 0 Å². The smallest absolute Gasteiger partial charge is 0.216 e. The largest absolute Gasteiger partial charge is 0.486 e. The minimum Gasteiger partial charge on any atom is -0.486 e. The molecule has 1 aliphatic heterocycles. The van der Waals surface area contributed by atoms with Gasteiger partial charge in [-0.1, -0.05) is 40.7 Å². The predicted octanol–water partition coefficient (Wildman–Crippen LogP) is 4.39. The Morgan fingerprint density at radius 3 is 2.42 bits per heavy atom. The zero-order valence-electron chi connectivity index (χ0n) is 19.4. The zero-order chi connectivity index (χ0) is 21.8. The van der Waals surface area contributed by atoms with Crippen LogP contribution in [0.25, 0.3) is 0 Å². The monoisotopic (exact) mass is 542 g/mol. The number of fused-ring (bicyclic) bond motifs is 1. The third-order valence-corrected chi connectivity index (χ3v) is 5.03. The van der Waals surface area contributed by atoms with Crippen molar-refractivity contribution in [2.45, 2.75) is 58.9 Å². The minimum absolute atomic E-state index is 0. The van der Waals surface area contributed by atoms with Crippen molar-refractivity contribution in [1.82, 2.24) is 15.6 Å². The number of benzene rings is 1. The molecule has 0 radical (unpaired) electrons. The number of halogens is 1. The molecule has 1 aromatic carbocycles. The molecule has 0 saturated carbocycles. The average molecular weight is 542 g/mol. The van der Waals surface area contributed by atoms with Gasteiger partial charge in [-0.2, -0.15) is 0 Å². The highest BCUT2D eigenvalue weighted by molar-refractivity contribution is 14.0. The van der Waals surface area contributed by atoms with Gasteiger partial charge in [-0.15, -0.1) is 24.0 Å². The normalized spacial score (nSPS) is 14.1. The molecule has 2 aromatic rings. The van der Waals surface area contributed by atoms with Gasteiger partial charge in [0.15, 0.2) is 17.5 Å². The summed E-state index contributed by atoms with van der Waals surface area (Å²) in [5.41, 5.74) is 0.984. The first-order valence-electron chi connectivity index (χ1n) is 10.6. The zero-order valence-corrected chi connectivity index (χ0v) is 21.7. The third-order valence-electron chi connectivity index (χ3n) is 5.03. The lowest BCUT2D eigenvalue weighted by molar-refractivity contribution is 0.171. The van der Waals surface area contributed by atoms with E-state index in [4.69, 9.17) is 13.9 Å². The van der Waals surface area contributed by atoms with Crippen LogP contribution in [-0.2, 0) is 17.4 Å². The van der Waals surface area contributed by atoms with Gasteiger partial charge in [0, 0.05) is 23.9 Å². The van der Waals surface area contributed by atoms with Gasteiger partial charge < -0.3 is 24.5 Å². The summed E-state index contributed by atoms with van der Waals surface area (Å²) in [5.74, 6) is 3.84. The second-order valence-corrected chi connectivity index (χ2v) is 9.16. The van der Waals surface area contributed by atoms with Crippen molar-refractivity contribution in [1.29, 1.82) is 0 Å². The van der Waals surface area contributed by atoms with E-state index in [1.54, 1.807) is 6.20 Å². The molecule has 7 nitrogen and oxygen atoms in total. The summed E-state index contributed by atoms with van der Waals surface area (Å²) in [7, 11) is 0. The maximum absolute atomic E-state index is 5.84. The summed E-state index contributed by atoms with van der Waals surface area (Å²) < 4.78 is 17.2.